The average molecular weight is 464 g/mol. The maximum Gasteiger partial charge on any atom is 0.211 e. The van der Waals surface area contributed by atoms with Crippen LogP contribution in [-0.2, 0) is 10.0 Å². The molecule has 7 nitrogen and oxygen atoms in total. The highest BCUT2D eigenvalue weighted by atomic mass is 32.2. The highest BCUT2D eigenvalue weighted by Crippen LogP contribution is 2.32. The molecule has 3 aromatic rings. The number of H-pyrrole nitrogens is 1. The van der Waals surface area contributed by atoms with Gasteiger partial charge >= 0.3 is 0 Å². The Morgan fingerprint density at radius 3 is 2.59 bits per heavy atom. The van der Waals surface area contributed by atoms with Crippen molar-refractivity contribution < 1.29 is 17.2 Å². The maximum atomic E-state index is 14.3. The van der Waals surface area contributed by atoms with Gasteiger partial charge in [-0.25, -0.2) is 31.9 Å². The van der Waals surface area contributed by atoms with Crippen LogP contribution in [0.3, 0.4) is 0 Å². The summed E-state index contributed by atoms with van der Waals surface area (Å²) in [5.41, 5.74) is 1.04. The first-order valence-electron chi connectivity index (χ1n) is 10.7. The number of hydrogen-bond acceptors (Lipinski definition) is 5. The third-order valence-electron chi connectivity index (χ3n) is 6.20. The summed E-state index contributed by atoms with van der Waals surface area (Å²) < 4.78 is 54.6. The van der Waals surface area contributed by atoms with Crippen molar-refractivity contribution in [1.82, 2.24) is 19.7 Å². The molecule has 2 heterocycles. The van der Waals surface area contributed by atoms with E-state index in [0.29, 0.717) is 0 Å². The van der Waals surface area contributed by atoms with Crippen LogP contribution in [0.25, 0.3) is 11.0 Å². The molecule has 0 aliphatic heterocycles. The largest absolute Gasteiger partial charge is 0.356 e. The Kier molecular flexibility index (Phi) is 6.71. The Hall–Kier alpha value is -2.59. The first kappa shape index (κ1) is 22.6. The SMILES string of the molecule is CN(c1ncnc2[nH]ccc12)C1CCC(CS(=O)(=O)NCC(F)c2ccc(F)cc2)CC1. The van der Waals surface area contributed by atoms with Gasteiger partial charge < -0.3 is 9.88 Å². The molecule has 2 N–H and O–H groups in total. The highest BCUT2D eigenvalue weighted by Gasteiger charge is 2.29. The van der Waals surface area contributed by atoms with Gasteiger partial charge in [-0.3, -0.25) is 0 Å². The molecule has 1 atom stereocenters. The summed E-state index contributed by atoms with van der Waals surface area (Å²) in [6.07, 6.45) is 5.11. The van der Waals surface area contributed by atoms with E-state index in [0.717, 1.165) is 54.7 Å². The van der Waals surface area contributed by atoms with Gasteiger partial charge in [-0.2, -0.15) is 0 Å². The first-order valence-corrected chi connectivity index (χ1v) is 12.4. The maximum absolute atomic E-state index is 14.3. The van der Waals surface area contributed by atoms with E-state index in [9.17, 15) is 17.2 Å². The van der Waals surface area contributed by atoms with Crippen LogP contribution in [0, 0.1) is 11.7 Å². The van der Waals surface area contributed by atoms with Crippen molar-refractivity contribution in [2.45, 2.75) is 37.9 Å². The van der Waals surface area contributed by atoms with Crippen molar-refractivity contribution in [3.8, 4) is 0 Å². The number of fused-ring (bicyclic) bond motifs is 1. The number of alkyl halides is 1. The van der Waals surface area contributed by atoms with Gasteiger partial charge in [0.15, 0.2) is 0 Å². The zero-order chi connectivity index (χ0) is 22.7. The van der Waals surface area contributed by atoms with Gasteiger partial charge in [0.25, 0.3) is 0 Å². The highest BCUT2D eigenvalue weighted by molar-refractivity contribution is 7.89. The van der Waals surface area contributed by atoms with Crippen LogP contribution in [0.1, 0.15) is 37.4 Å². The van der Waals surface area contributed by atoms with E-state index in [1.165, 1.54) is 12.1 Å². The normalized spacial score (nSPS) is 20.3. The minimum Gasteiger partial charge on any atom is -0.356 e. The van der Waals surface area contributed by atoms with Gasteiger partial charge in [0.1, 0.15) is 29.8 Å². The molecule has 1 aliphatic carbocycles. The zero-order valence-electron chi connectivity index (χ0n) is 17.8. The van der Waals surface area contributed by atoms with Gasteiger partial charge in [-0.15, -0.1) is 0 Å². The van der Waals surface area contributed by atoms with E-state index in [1.807, 2.05) is 19.3 Å². The lowest BCUT2D eigenvalue weighted by atomic mass is 9.86. The fraction of sp³-hybridized carbons (Fsp3) is 0.455. The molecule has 32 heavy (non-hydrogen) atoms. The van der Waals surface area contributed by atoms with E-state index in [4.69, 9.17) is 0 Å². The quantitative estimate of drug-likeness (QED) is 0.531. The summed E-state index contributed by atoms with van der Waals surface area (Å²) in [5.74, 6) is 0.414. The van der Waals surface area contributed by atoms with Gasteiger partial charge in [-0.05, 0) is 55.4 Å². The second kappa shape index (κ2) is 9.50. The van der Waals surface area contributed by atoms with Crippen LogP contribution >= 0.6 is 0 Å². The lowest BCUT2D eigenvalue weighted by Crippen LogP contribution is -2.38. The molecule has 0 bridgehead atoms. The standard InChI is InChI=1S/C22H27F2N5O2S/c1-29(22-19-10-11-25-21(19)26-14-27-22)18-8-2-15(3-9-18)13-32(30,31)28-12-20(24)16-4-6-17(23)7-5-16/h4-7,10-11,14-15,18,20,28H,2-3,8-9,12-13H2,1H3,(H,25,26,27). The summed E-state index contributed by atoms with van der Waals surface area (Å²) >= 11 is 0. The van der Waals surface area contributed by atoms with Crippen LogP contribution in [0.4, 0.5) is 14.6 Å². The van der Waals surface area contributed by atoms with Crippen molar-refractivity contribution in [2.24, 2.45) is 5.92 Å². The molecule has 172 valence electrons. The summed E-state index contributed by atoms with van der Waals surface area (Å²) in [7, 11) is -1.60. The number of hydrogen-bond donors (Lipinski definition) is 2. The molecule has 1 saturated carbocycles. The van der Waals surface area contributed by atoms with E-state index >= 15 is 0 Å². The summed E-state index contributed by atoms with van der Waals surface area (Å²) in [4.78, 5) is 13.9. The fourth-order valence-electron chi connectivity index (χ4n) is 4.37. The molecule has 10 heteroatoms. The Balaban J connectivity index is 1.28. The summed E-state index contributed by atoms with van der Waals surface area (Å²) in [5, 5.41) is 0.964. The van der Waals surface area contributed by atoms with Crippen LogP contribution in [0.2, 0.25) is 0 Å². The van der Waals surface area contributed by atoms with Crippen LogP contribution < -0.4 is 9.62 Å². The van der Waals surface area contributed by atoms with Gasteiger partial charge in [0.2, 0.25) is 10.0 Å². The minimum absolute atomic E-state index is 0.0187. The van der Waals surface area contributed by atoms with Gasteiger partial charge in [-0.1, -0.05) is 12.1 Å². The van der Waals surface area contributed by atoms with Crippen molar-refractivity contribution in [1.29, 1.82) is 0 Å². The number of aromatic nitrogens is 3. The van der Waals surface area contributed by atoms with Crippen LogP contribution in [0.5, 0.6) is 0 Å². The molecule has 4 rings (SSSR count). The van der Waals surface area contributed by atoms with Crippen molar-refractivity contribution in [2.75, 3.05) is 24.2 Å². The molecular formula is C22H27F2N5O2S. The second-order valence-corrected chi connectivity index (χ2v) is 10.2. The second-order valence-electron chi connectivity index (χ2n) is 8.37. The number of rotatable bonds is 8. The topological polar surface area (TPSA) is 91.0 Å². The Bertz CT molecular complexity index is 1140. The van der Waals surface area contributed by atoms with E-state index in [-0.39, 0.29) is 29.8 Å². The number of nitrogens with one attached hydrogen (secondary N) is 2. The Morgan fingerprint density at radius 2 is 1.88 bits per heavy atom. The van der Waals surface area contributed by atoms with Crippen molar-refractivity contribution in [3.05, 3.63) is 54.2 Å². The first-order chi connectivity index (χ1) is 15.3. The Morgan fingerprint density at radius 1 is 1.16 bits per heavy atom. The molecule has 1 aromatic carbocycles. The smallest absolute Gasteiger partial charge is 0.211 e. The van der Waals surface area contributed by atoms with Crippen molar-refractivity contribution in [3.63, 3.8) is 0 Å². The molecule has 0 amide bonds. The van der Waals surface area contributed by atoms with Gasteiger partial charge in [0.05, 0.1) is 11.1 Å². The lowest BCUT2D eigenvalue weighted by molar-refractivity contribution is 0.333. The van der Waals surface area contributed by atoms with Crippen LogP contribution in [-0.4, -0.2) is 48.8 Å². The average Bonchev–Trinajstić information content (AvgIpc) is 3.27. The number of halogens is 2. The third kappa shape index (κ3) is 5.24. The predicted molar refractivity (Wildman–Crippen MR) is 120 cm³/mol. The number of benzene rings is 1. The third-order valence-corrected chi connectivity index (χ3v) is 7.72. The summed E-state index contributed by atoms with van der Waals surface area (Å²) in [6.45, 7) is -0.355. The Labute approximate surface area is 186 Å². The number of nitrogens with zero attached hydrogens (tertiary/aromatic N) is 3. The predicted octanol–water partition coefficient (Wildman–Crippen LogP) is 3.72. The zero-order valence-corrected chi connectivity index (χ0v) is 18.7. The number of aromatic amines is 1. The molecule has 1 aliphatic rings. The van der Waals surface area contributed by atoms with Gasteiger partial charge in [0, 0.05) is 25.8 Å². The number of anilines is 1. The fourth-order valence-corrected chi connectivity index (χ4v) is 5.84. The van der Waals surface area contributed by atoms with Crippen molar-refractivity contribution >= 4 is 26.9 Å². The van der Waals surface area contributed by atoms with Crippen LogP contribution in [0.15, 0.2) is 42.9 Å². The monoisotopic (exact) mass is 463 g/mol. The molecule has 0 spiro atoms. The number of sulfonamides is 1. The van der Waals surface area contributed by atoms with E-state index < -0.39 is 22.0 Å². The molecule has 0 saturated heterocycles. The summed E-state index contributed by atoms with van der Waals surface area (Å²) in [6, 6.07) is 7.19. The molecule has 0 radical (unpaired) electrons. The van der Waals surface area contributed by atoms with E-state index in [1.54, 1.807) is 6.33 Å². The molecule has 1 fully saturated rings. The van der Waals surface area contributed by atoms with E-state index in [2.05, 4.69) is 24.6 Å². The molecule has 2 aromatic heterocycles. The minimum atomic E-state index is -3.61. The molecular weight excluding hydrogens is 436 g/mol. The molecule has 1 unspecified atom stereocenters. The lowest BCUT2D eigenvalue weighted by Gasteiger charge is -2.35.